The van der Waals surface area contributed by atoms with E-state index in [0.717, 1.165) is 20.9 Å². The third kappa shape index (κ3) is 3.52. The lowest BCUT2D eigenvalue weighted by Crippen LogP contribution is -2.36. The van der Waals surface area contributed by atoms with Crippen molar-refractivity contribution in [1.82, 2.24) is 4.98 Å². The number of thiazole rings is 1. The summed E-state index contributed by atoms with van der Waals surface area (Å²) in [5, 5.41) is 3.89. The van der Waals surface area contributed by atoms with Gasteiger partial charge in [0.25, 0.3) is 0 Å². The van der Waals surface area contributed by atoms with Gasteiger partial charge < -0.3 is 11.1 Å². The van der Waals surface area contributed by atoms with Gasteiger partial charge in [-0.3, -0.25) is 4.79 Å². The molecule has 5 heteroatoms. The van der Waals surface area contributed by atoms with Crippen LogP contribution in [0.2, 0.25) is 0 Å². The Morgan fingerprint density at radius 2 is 2.21 bits per heavy atom. The van der Waals surface area contributed by atoms with Crippen LogP contribution in [0.1, 0.15) is 25.3 Å². The van der Waals surface area contributed by atoms with Gasteiger partial charge in [-0.2, -0.15) is 0 Å². The zero-order valence-electron chi connectivity index (χ0n) is 11.4. The van der Waals surface area contributed by atoms with E-state index in [2.05, 4.69) is 24.1 Å². The molecule has 0 aliphatic heterocycles. The van der Waals surface area contributed by atoms with Crippen molar-refractivity contribution in [1.29, 1.82) is 0 Å². The summed E-state index contributed by atoms with van der Waals surface area (Å²) in [5.74, 6) is 0.279. The zero-order valence-corrected chi connectivity index (χ0v) is 12.3. The van der Waals surface area contributed by atoms with Crippen molar-refractivity contribution in [2.24, 2.45) is 11.7 Å². The molecule has 0 radical (unpaired) electrons. The number of amides is 1. The summed E-state index contributed by atoms with van der Waals surface area (Å²) in [6, 6.07) is 5.27. The van der Waals surface area contributed by atoms with Crippen molar-refractivity contribution >= 4 is 33.1 Å². The van der Waals surface area contributed by atoms with Crippen LogP contribution in [0, 0.1) is 12.8 Å². The van der Waals surface area contributed by atoms with Crippen LogP contribution >= 0.6 is 11.3 Å². The van der Waals surface area contributed by atoms with E-state index in [1.165, 1.54) is 0 Å². The topological polar surface area (TPSA) is 68.0 Å². The van der Waals surface area contributed by atoms with E-state index in [-0.39, 0.29) is 5.91 Å². The first kappa shape index (κ1) is 14.0. The third-order valence-corrected chi connectivity index (χ3v) is 3.76. The summed E-state index contributed by atoms with van der Waals surface area (Å²) in [6.07, 6.45) is 0.688. The van der Waals surface area contributed by atoms with E-state index >= 15 is 0 Å². The molecule has 1 amide bonds. The van der Waals surface area contributed by atoms with Crippen molar-refractivity contribution in [3.8, 4) is 0 Å². The lowest BCUT2D eigenvalue weighted by atomic mass is 10.0. The average molecular weight is 277 g/mol. The summed E-state index contributed by atoms with van der Waals surface area (Å²) in [5.41, 5.74) is 7.60. The van der Waals surface area contributed by atoms with Crippen LogP contribution in [0.3, 0.4) is 0 Å². The number of nitrogens with one attached hydrogen (secondary N) is 1. The third-order valence-electron chi connectivity index (χ3n) is 2.83. The minimum atomic E-state index is -0.459. The number of aromatic nitrogens is 1. The van der Waals surface area contributed by atoms with Crippen LogP contribution in [-0.2, 0) is 4.79 Å². The number of hydrogen-bond donors (Lipinski definition) is 2. The highest BCUT2D eigenvalue weighted by Crippen LogP contribution is 2.24. The fourth-order valence-corrected chi connectivity index (χ4v) is 2.83. The summed E-state index contributed by atoms with van der Waals surface area (Å²) in [6.45, 7) is 6.08. The molecular weight excluding hydrogens is 258 g/mol. The number of benzene rings is 1. The van der Waals surface area contributed by atoms with E-state index in [1.54, 1.807) is 11.3 Å². The van der Waals surface area contributed by atoms with Crippen molar-refractivity contribution in [2.75, 3.05) is 5.32 Å². The van der Waals surface area contributed by atoms with Crippen molar-refractivity contribution in [3.05, 3.63) is 23.2 Å². The number of fused-ring (bicyclic) bond motifs is 1. The molecule has 2 rings (SSSR count). The van der Waals surface area contributed by atoms with E-state index in [9.17, 15) is 4.79 Å². The molecule has 4 nitrogen and oxygen atoms in total. The van der Waals surface area contributed by atoms with Crippen molar-refractivity contribution in [2.45, 2.75) is 33.2 Å². The maximum Gasteiger partial charge on any atom is 0.241 e. The van der Waals surface area contributed by atoms with Crippen LogP contribution < -0.4 is 11.1 Å². The van der Waals surface area contributed by atoms with E-state index in [4.69, 9.17) is 5.73 Å². The van der Waals surface area contributed by atoms with Crippen molar-refractivity contribution in [3.63, 3.8) is 0 Å². The molecule has 3 N–H and O–H groups in total. The van der Waals surface area contributed by atoms with Gasteiger partial charge in [0.15, 0.2) is 0 Å². The van der Waals surface area contributed by atoms with Crippen LogP contribution in [0.5, 0.6) is 0 Å². The van der Waals surface area contributed by atoms with Gasteiger partial charge in [-0.25, -0.2) is 4.98 Å². The van der Waals surface area contributed by atoms with Gasteiger partial charge in [-0.1, -0.05) is 13.8 Å². The molecule has 0 unspecified atom stereocenters. The first-order chi connectivity index (χ1) is 8.95. The van der Waals surface area contributed by atoms with Gasteiger partial charge in [0.05, 0.1) is 21.3 Å². The van der Waals surface area contributed by atoms with Crippen LogP contribution in [0.15, 0.2) is 18.2 Å². The molecule has 0 saturated carbocycles. The Bertz CT molecular complexity index is 591. The second-order valence-corrected chi connectivity index (χ2v) is 6.38. The number of aryl methyl sites for hydroxylation is 1. The molecule has 102 valence electrons. The molecule has 19 heavy (non-hydrogen) atoms. The number of anilines is 1. The number of nitrogens with zero attached hydrogens (tertiary/aromatic N) is 1. The van der Waals surface area contributed by atoms with Gasteiger partial charge in [0.1, 0.15) is 0 Å². The minimum Gasteiger partial charge on any atom is -0.325 e. The Labute approximate surface area is 117 Å². The number of carbonyl (C=O) groups is 1. The monoisotopic (exact) mass is 277 g/mol. The zero-order chi connectivity index (χ0) is 14.0. The molecule has 0 spiro atoms. The minimum absolute atomic E-state index is 0.130. The second kappa shape index (κ2) is 5.67. The number of hydrogen-bond acceptors (Lipinski definition) is 4. The molecule has 1 aromatic heterocycles. The first-order valence-corrected chi connectivity index (χ1v) is 7.21. The molecule has 1 heterocycles. The fraction of sp³-hybridized carbons (Fsp3) is 0.429. The molecule has 1 atom stereocenters. The molecule has 0 fully saturated rings. The Balaban J connectivity index is 2.10. The molecule has 0 saturated heterocycles. The number of rotatable bonds is 4. The quantitative estimate of drug-likeness (QED) is 0.903. The lowest BCUT2D eigenvalue weighted by Gasteiger charge is -2.14. The highest BCUT2D eigenvalue weighted by atomic mass is 32.1. The van der Waals surface area contributed by atoms with Gasteiger partial charge in [0, 0.05) is 5.69 Å². The van der Waals surface area contributed by atoms with Crippen molar-refractivity contribution < 1.29 is 4.79 Å². The molecular formula is C14H19N3OS. The molecule has 0 aliphatic rings. The SMILES string of the molecule is Cc1nc2ccc(NC(=O)[C@@H](N)CC(C)C)cc2s1. The largest absolute Gasteiger partial charge is 0.325 e. The van der Waals surface area contributed by atoms with Crippen LogP contribution in [-0.4, -0.2) is 16.9 Å². The number of carbonyl (C=O) groups excluding carboxylic acids is 1. The summed E-state index contributed by atoms with van der Waals surface area (Å²) in [7, 11) is 0. The van der Waals surface area contributed by atoms with E-state index < -0.39 is 6.04 Å². The van der Waals surface area contributed by atoms with Gasteiger partial charge >= 0.3 is 0 Å². The Morgan fingerprint density at radius 3 is 2.89 bits per heavy atom. The van der Waals surface area contributed by atoms with Crippen LogP contribution in [0.4, 0.5) is 5.69 Å². The summed E-state index contributed by atoms with van der Waals surface area (Å²) < 4.78 is 1.08. The smallest absolute Gasteiger partial charge is 0.241 e. The summed E-state index contributed by atoms with van der Waals surface area (Å²) >= 11 is 1.62. The Kier molecular flexibility index (Phi) is 4.17. The maximum absolute atomic E-state index is 11.9. The highest BCUT2D eigenvalue weighted by molar-refractivity contribution is 7.18. The standard InChI is InChI=1S/C14H19N3OS/c1-8(2)6-11(15)14(18)17-10-4-5-12-13(7-10)19-9(3)16-12/h4-5,7-8,11H,6,15H2,1-3H3,(H,17,18)/t11-/m0/s1. The average Bonchev–Trinajstić information content (AvgIpc) is 2.67. The van der Waals surface area contributed by atoms with Gasteiger partial charge in [0.2, 0.25) is 5.91 Å². The predicted molar refractivity (Wildman–Crippen MR) is 80.4 cm³/mol. The predicted octanol–water partition coefficient (Wildman–Crippen LogP) is 2.92. The van der Waals surface area contributed by atoms with E-state index in [0.29, 0.717) is 12.3 Å². The molecule has 0 bridgehead atoms. The fourth-order valence-electron chi connectivity index (χ4n) is 1.97. The normalized spacial score (nSPS) is 12.9. The second-order valence-electron chi connectivity index (χ2n) is 5.14. The lowest BCUT2D eigenvalue weighted by molar-refractivity contribution is -0.117. The van der Waals surface area contributed by atoms with Crippen LogP contribution in [0.25, 0.3) is 10.2 Å². The Hall–Kier alpha value is -1.46. The van der Waals surface area contributed by atoms with Gasteiger partial charge in [-0.05, 0) is 37.5 Å². The first-order valence-electron chi connectivity index (χ1n) is 6.39. The van der Waals surface area contributed by atoms with Gasteiger partial charge in [-0.15, -0.1) is 11.3 Å². The summed E-state index contributed by atoms with van der Waals surface area (Å²) in [4.78, 5) is 16.3. The molecule has 2 aromatic rings. The van der Waals surface area contributed by atoms with E-state index in [1.807, 2.05) is 25.1 Å². The molecule has 0 aliphatic carbocycles. The Morgan fingerprint density at radius 1 is 1.47 bits per heavy atom. The molecule has 1 aromatic carbocycles. The maximum atomic E-state index is 11.9. The number of nitrogens with two attached hydrogens (primary N) is 1. The highest BCUT2D eigenvalue weighted by Gasteiger charge is 2.15.